The minimum atomic E-state index is -4.25. The molecule has 0 unspecified atom stereocenters. The molecular formula is C24H19NO6S. The number of carbonyl (C=O) groups is 2. The number of hydrogen-bond acceptors (Lipinski definition) is 7. The van der Waals surface area contributed by atoms with Gasteiger partial charge in [0, 0.05) is 17.7 Å². The molecule has 32 heavy (non-hydrogen) atoms. The molecule has 1 spiro atoms. The van der Waals surface area contributed by atoms with E-state index in [4.69, 9.17) is 4.18 Å². The molecule has 0 radical (unpaired) electrons. The summed E-state index contributed by atoms with van der Waals surface area (Å²) in [5, 5.41) is 13.5. The Morgan fingerprint density at radius 2 is 1.59 bits per heavy atom. The maximum Gasteiger partial charge on any atom is 0.339 e. The smallest absolute Gasteiger partial charge is 0.339 e. The molecule has 162 valence electrons. The maximum atomic E-state index is 13.4. The summed E-state index contributed by atoms with van der Waals surface area (Å²) in [5.74, 6) is -1.54. The second-order valence-corrected chi connectivity index (χ2v) is 9.50. The topological polar surface area (TPSA) is 110 Å². The lowest BCUT2D eigenvalue weighted by Gasteiger charge is -2.34. The van der Waals surface area contributed by atoms with Gasteiger partial charge in [-0.1, -0.05) is 42.0 Å². The molecule has 3 aromatic rings. The van der Waals surface area contributed by atoms with Crippen molar-refractivity contribution in [3.05, 3.63) is 88.5 Å². The number of hydrogen-bond donors (Lipinski definition) is 2. The number of aromatic hydroxyl groups is 1. The van der Waals surface area contributed by atoms with Crippen LogP contribution in [0.2, 0.25) is 0 Å². The largest absolute Gasteiger partial charge is 0.504 e. The van der Waals surface area contributed by atoms with Crippen molar-refractivity contribution in [1.29, 1.82) is 0 Å². The molecule has 0 aromatic heterocycles. The van der Waals surface area contributed by atoms with Crippen molar-refractivity contribution in [1.82, 2.24) is 5.32 Å². The molecule has 0 saturated heterocycles. The first-order valence-electron chi connectivity index (χ1n) is 10.1. The van der Waals surface area contributed by atoms with Crippen LogP contribution in [-0.4, -0.2) is 31.6 Å². The molecule has 1 aliphatic heterocycles. The molecule has 2 aliphatic rings. The van der Waals surface area contributed by atoms with Crippen LogP contribution in [0.15, 0.2) is 65.6 Å². The number of fused-ring (bicyclic) bond motifs is 3. The SMILES string of the molecule is Cc1ccc(S(=O)(=O)Oc2cc3c(cc2O)CCNC32C(=O)c3ccccc3C2=O)cc1. The quantitative estimate of drug-likeness (QED) is 0.467. The highest BCUT2D eigenvalue weighted by molar-refractivity contribution is 7.87. The number of aryl methyl sites for hydroxylation is 1. The summed E-state index contributed by atoms with van der Waals surface area (Å²) < 4.78 is 30.8. The van der Waals surface area contributed by atoms with E-state index in [1.54, 1.807) is 36.4 Å². The molecule has 0 atom stereocenters. The lowest BCUT2D eigenvalue weighted by molar-refractivity contribution is 0.0746. The number of phenolic OH excluding ortho intramolecular Hbond substituents is 1. The summed E-state index contributed by atoms with van der Waals surface area (Å²) in [5.41, 5.74) is 0.696. The normalized spacial score (nSPS) is 16.7. The second-order valence-electron chi connectivity index (χ2n) is 7.96. The summed E-state index contributed by atoms with van der Waals surface area (Å²) in [4.78, 5) is 26.7. The highest BCUT2D eigenvalue weighted by atomic mass is 32.2. The number of nitrogens with one attached hydrogen (secondary N) is 1. The minimum Gasteiger partial charge on any atom is -0.504 e. The van der Waals surface area contributed by atoms with Gasteiger partial charge in [0.2, 0.25) is 0 Å². The van der Waals surface area contributed by atoms with Crippen molar-refractivity contribution in [2.24, 2.45) is 0 Å². The van der Waals surface area contributed by atoms with Crippen molar-refractivity contribution in [2.75, 3.05) is 6.54 Å². The average molecular weight is 449 g/mol. The van der Waals surface area contributed by atoms with E-state index >= 15 is 0 Å². The van der Waals surface area contributed by atoms with Gasteiger partial charge in [0.1, 0.15) is 4.90 Å². The van der Waals surface area contributed by atoms with Crippen LogP contribution in [0.1, 0.15) is 37.4 Å². The molecular weight excluding hydrogens is 430 g/mol. The third-order valence-electron chi connectivity index (χ3n) is 5.98. The van der Waals surface area contributed by atoms with E-state index in [-0.39, 0.29) is 16.4 Å². The first kappa shape index (κ1) is 20.4. The van der Waals surface area contributed by atoms with Crippen LogP contribution < -0.4 is 9.50 Å². The number of Topliss-reactive ketones (excluding diaryl/α,β-unsaturated/α-hetero) is 2. The molecule has 1 aliphatic carbocycles. The minimum absolute atomic E-state index is 0.0755. The van der Waals surface area contributed by atoms with Gasteiger partial charge >= 0.3 is 10.1 Å². The van der Waals surface area contributed by atoms with Crippen LogP contribution in [0.4, 0.5) is 0 Å². The maximum absolute atomic E-state index is 13.4. The zero-order valence-corrected chi connectivity index (χ0v) is 17.9. The van der Waals surface area contributed by atoms with Crippen LogP contribution >= 0.6 is 0 Å². The molecule has 8 heteroatoms. The van der Waals surface area contributed by atoms with Crippen LogP contribution in [0.5, 0.6) is 11.5 Å². The Balaban J connectivity index is 1.62. The van der Waals surface area contributed by atoms with Gasteiger partial charge in [-0.15, -0.1) is 0 Å². The number of carbonyl (C=O) groups excluding carboxylic acids is 2. The van der Waals surface area contributed by atoms with Crippen LogP contribution in [-0.2, 0) is 22.1 Å². The van der Waals surface area contributed by atoms with Crippen LogP contribution in [0, 0.1) is 6.92 Å². The molecule has 2 N–H and O–H groups in total. The Morgan fingerprint density at radius 1 is 0.969 bits per heavy atom. The average Bonchev–Trinajstić information content (AvgIpc) is 2.98. The Bertz CT molecular complexity index is 1360. The van der Waals surface area contributed by atoms with Gasteiger partial charge in [0.05, 0.1) is 0 Å². The Kier molecular flexibility index (Phi) is 4.47. The second kappa shape index (κ2) is 7.01. The first-order valence-corrected chi connectivity index (χ1v) is 11.5. The van der Waals surface area contributed by atoms with Gasteiger partial charge in [0.15, 0.2) is 28.6 Å². The third-order valence-corrected chi connectivity index (χ3v) is 7.23. The van der Waals surface area contributed by atoms with E-state index in [1.807, 2.05) is 6.92 Å². The molecule has 5 rings (SSSR count). The molecule has 7 nitrogen and oxygen atoms in total. The van der Waals surface area contributed by atoms with E-state index in [2.05, 4.69) is 5.32 Å². The number of rotatable bonds is 3. The Labute approximate surface area is 184 Å². The monoisotopic (exact) mass is 449 g/mol. The summed E-state index contributed by atoms with van der Waals surface area (Å²) in [7, 11) is -4.25. The van der Waals surface area contributed by atoms with E-state index in [0.29, 0.717) is 35.2 Å². The molecule has 0 bridgehead atoms. The highest BCUT2D eigenvalue weighted by Gasteiger charge is 2.56. The number of phenols is 1. The van der Waals surface area contributed by atoms with Crippen LogP contribution in [0.25, 0.3) is 0 Å². The molecule has 0 saturated carbocycles. The molecule has 3 aromatic carbocycles. The fraction of sp³-hybridized carbons (Fsp3) is 0.167. The molecule has 1 heterocycles. The lowest BCUT2D eigenvalue weighted by atomic mass is 9.78. The zero-order valence-electron chi connectivity index (χ0n) is 17.1. The summed E-state index contributed by atoms with van der Waals surface area (Å²) in [6, 6.07) is 15.3. The summed E-state index contributed by atoms with van der Waals surface area (Å²) in [6.45, 7) is 2.17. The van der Waals surface area contributed by atoms with Gasteiger partial charge in [-0.3, -0.25) is 14.9 Å². The summed E-state index contributed by atoms with van der Waals surface area (Å²) in [6.07, 6.45) is 0.451. The standard InChI is InChI=1S/C24H19NO6S/c1-14-6-8-16(9-7-14)32(29,30)31-21-13-19-15(12-20(21)26)10-11-25-24(19)22(27)17-4-2-3-5-18(17)23(24)28/h2-9,12-13,25-26H,10-11H2,1H3. The van der Waals surface area contributed by atoms with E-state index < -0.39 is 27.2 Å². The lowest BCUT2D eigenvalue weighted by Crippen LogP contribution is -2.55. The van der Waals surface area contributed by atoms with Gasteiger partial charge in [-0.2, -0.15) is 8.42 Å². The van der Waals surface area contributed by atoms with Crippen molar-refractivity contribution < 1.29 is 27.3 Å². The van der Waals surface area contributed by atoms with E-state index in [9.17, 15) is 23.1 Å². The van der Waals surface area contributed by atoms with Gasteiger partial charge in [0.25, 0.3) is 0 Å². The van der Waals surface area contributed by atoms with Crippen molar-refractivity contribution in [3.63, 3.8) is 0 Å². The van der Waals surface area contributed by atoms with Gasteiger partial charge in [-0.25, -0.2) is 0 Å². The Hall–Kier alpha value is -3.49. The van der Waals surface area contributed by atoms with Crippen molar-refractivity contribution >= 4 is 21.7 Å². The van der Waals surface area contributed by atoms with Crippen LogP contribution in [0.3, 0.4) is 0 Å². The Morgan fingerprint density at radius 3 is 2.22 bits per heavy atom. The summed E-state index contributed by atoms with van der Waals surface area (Å²) >= 11 is 0. The first-order chi connectivity index (χ1) is 15.2. The fourth-order valence-corrected chi connectivity index (χ4v) is 5.31. The van der Waals surface area contributed by atoms with E-state index in [0.717, 1.165) is 5.56 Å². The van der Waals surface area contributed by atoms with Gasteiger partial charge in [-0.05, 0) is 48.7 Å². The van der Waals surface area contributed by atoms with E-state index in [1.165, 1.54) is 24.3 Å². The van der Waals surface area contributed by atoms with Crippen molar-refractivity contribution in [2.45, 2.75) is 23.8 Å². The predicted octanol–water partition coefficient (Wildman–Crippen LogP) is 2.89. The number of ketones is 2. The predicted molar refractivity (Wildman–Crippen MR) is 116 cm³/mol. The molecule has 0 amide bonds. The highest BCUT2D eigenvalue weighted by Crippen LogP contribution is 2.44. The number of benzene rings is 3. The zero-order chi connectivity index (χ0) is 22.7. The third kappa shape index (κ3) is 2.87. The fourth-order valence-electron chi connectivity index (χ4n) is 4.38. The van der Waals surface area contributed by atoms with Crippen molar-refractivity contribution in [3.8, 4) is 11.5 Å². The molecule has 0 fully saturated rings. The van der Waals surface area contributed by atoms with Gasteiger partial charge < -0.3 is 9.29 Å².